The van der Waals surface area contributed by atoms with E-state index in [0.717, 1.165) is 206 Å². The molecule has 0 aliphatic carbocycles. The van der Waals surface area contributed by atoms with Crippen molar-refractivity contribution in [2.75, 3.05) is 19.6 Å². The molecule has 2 aliphatic rings. The number of hydrogen-bond donors (Lipinski definition) is 0. The van der Waals surface area contributed by atoms with Crippen LogP contribution in [0, 0.1) is 0 Å². The summed E-state index contributed by atoms with van der Waals surface area (Å²) in [6, 6.07) is 175. The van der Waals surface area contributed by atoms with Gasteiger partial charge in [-0.05, 0) is 259 Å². The van der Waals surface area contributed by atoms with Crippen LogP contribution in [0.25, 0.3) is 193 Å². The quantitative estimate of drug-likeness (QED) is 0.0999. The van der Waals surface area contributed by atoms with Gasteiger partial charge in [0.15, 0.2) is 0 Å². The Morgan fingerprint density at radius 1 is 0.148 bits per heavy atom. The van der Waals surface area contributed by atoms with Crippen LogP contribution >= 0.6 is 22.7 Å². The fourth-order valence-corrected chi connectivity index (χ4v) is 24.6. The predicted molar refractivity (Wildman–Crippen MR) is 599 cm³/mol. The van der Waals surface area contributed by atoms with Crippen LogP contribution in [0.5, 0.6) is 23.0 Å². The summed E-state index contributed by atoms with van der Waals surface area (Å²) in [5, 5.41) is 23.4. The molecule has 4 aromatic heterocycles. The minimum Gasteiger partial charge on any atom is -0.456 e. The van der Waals surface area contributed by atoms with Gasteiger partial charge in [0.1, 0.15) is 45.3 Å². The maximum Gasteiger partial charge on any atom is 0.137 e. The van der Waals surface area contributed by atoms with Crippen LogP contribution in [0.15, 0.2) is 494 Å². The van der Waals surface area contributed by atoms with Crippen LogP contribution in [0.1, 0.15) is 0 Å². The second-order valence-corrected chi connectivity index (χ2v) is 38.9. The van der Waals surface area contributed by atoms with Crippen molar-refractivity contribution < 1.29 is 18.3 Å². The van der Waals surface area contributed by atoms with Gasteiger partial charge in [-0.25, -0.2) is 0 Å². The lowest BCUT2D eigenvalue weighted by Crippen LogP contribution is -2.12. The summed E-state index contributed by atoms with van der Waals surface area (Å²) < 4.78 is 32.1. The Morgan fingerprint density at radius 3 is 0.965 bits per heavy atom. The number of thiophene rings is 2. The maximum atomic E-state index is 7.17. The minimum absolute atomic E-state index is 0.797. The second kappa shape index (κ2) is 32.7. The SMILES string of the molecule is c1ccc(-c2ccccc2N(c2ccc3c(c2)Oc2cccc4c2c-3cc2c3ccccc3c(N(c3ccc5oc6ccccc6c5c3)c3ccccc3-c3ccccc3)cc42)c2ccc3oc4ccccc4c3c2)cc1.c1ccc(N(c2ccc3c(c2)Oc2cccc4c2c-3cc2c3ccccc3c(N(c3ccccc3)c3ccc5sc6ccccc6c5c3)cc42)c2ccc3sc4ccccc4c3c2)cc1. The third kappa shape index (κ3) is 13.1. The van der Waals surface area contributed by atoms with Crippen molar-refractivity contribution in [3.8, 4) is 67.5 Å². The van der Waals surface area contributed by atoms with E-state index in [4.69, 9.17) is 18.3 Å². The molecular formula is C132H80N4O4S2. The van der Waals surface area contributed by atoms with Crippen molar-refractivity contribution in [1.29, 1.82) is 0 Å². The largest absolute Gasteiger partial charge is 0.456 e. The molecule has 0 saturated heterocycles. The molecule has 8 nitrogen and oxygen atoms in total. The van der Waals surface area contributed by atoms with Crippen molar-refractivity contribution in [3.63, 3.8) is 0 Å². The Bertz CT molecular complexity index is 10100. The average Bonchev–Trinajstić information content (AvgIpc) is 0.777. The zero-order chi connectivity index (χ0) is 93.1. The molecule has 6 heterocycles. The zero-order valence-corrected chi connectivity index (χ0v) is 78.1. The third-order valence-corrected chi connectivity index (χ3v) is 31.1. The van der Waals surface area contributed by atoms with E-state index in [2.05, 4.69) is 481 Å². The fraction of sp³-hybridized carbons (Fsp3) is 0. The molecule has 142 heavy (non-hydrogen) atoms. The standard InChI is InChI=1S/C72H44N2O3.C60H36N2OS2/c1-3-18-45(19-4-1)50-22-9-13-29-63(50)73(47-35-38-68-60(40-47)54-26-11-15-31-66(54)75-68)49-34-37-56-62-43-58-52-24-7-8-25-53(52)65(44-59(58)57-28-17-33-70(72(57)62)77-71(56)42-49)74(64-30-14-10-23-51(64)46-20-5-2-6-21-46)48-36-39-69-61(41-48)55-27-12-16-32-67(55)76-69;1-3-14-37(15-4-1)61(39-27-30-58-50(32-39)45-20-9-11-24-56(45)64-58)41-26-29-44-52-35-48-42-18-7-8-19-43(42)53(36-49(48)47-22-13-23-54(60(47)52)63-55(44)34-41)62(38-16-5-2-6-17-38)40-28-31-59-51(33-40)46-21-10-12-25-57(46)65-59/h1-44H;1-36H. The molecule has 0 saturated carbocycles. The van der Waals surface area contributed by atoms with Crippen molar-refractivity contribution in [2.24, 2.45) is 0 Å². The fourth-order valence-electron chi connectivity index (χ4n) is 22.5. The zero-order valence-electron chi connectivity index (χ0n) is 76.4. The number of furan rings is 2. The van der Waals surface area contributed by atoms with E-state index in [1.54, 1.807) is 0 Å². The maximum absolute atomic E-state index is 7.17. The highest BCUT2D eigenvalue weighted by Crippen LogP contribution is 2.59. The van der Waals surface area contributed by atoms with Crippen LogP contribution in [-0.4, -0.2) is 0 Å². The lowest BCUT2D eigenvalue weighted by molar-refractivity contribution is 0.487. The summed E-state index contributed by atoms with van der Waals surface area (Å²) in [7, 11) is 0. The highest BCUT2D eigenvalue weighted by molar-refractivity contribution is 7.26. The number of rotatable bonds is 14. The van der Waals surface area contributed by atoms with Gasteiger partial charge in [0.25, 0.3) is 0 Å². The van der Waals surface area contributed by atoms with Crippen LogP contribution < -0.4 is 29.1 Å². The van der Waals surface area contributed by atoms with Crippen molar-refractivity contribution >= 4 is 240 Å². The summed E-state index contributed by atoms with van der Waals surface area (Å²) in [6.07, 6.45) is 0. The third-order valence-electron chi connectivity index (χ3n) is 28.8. The van der Waals surface area contributed by atoms with Crippen LogP contribution in [0.2, 0.25) is 0 Å². The van der Waals surface area contributed by atoms with Crippen LogP contribution in [0.4, 0.5) is 68.2 Å². The summed E-state index contributed by atoms with van der Waals surface area (Å²) >= 11 is 3.70. The van der Waals surface area contributed by atoms with Crippen LogP contribution in [0.3, 0.4) is 0 Å². The summed E-state index contributed by atoms with van der Waals surface area (Å²) in [4.78, 5) is 9.58. The Kier molecular flexibility index (Phi) is 18.6. The molecule has 0 radical (unpaired) electrons. The van der Waals surface area contributed by atoms with Gasteiger partial charge in [-0.2, -0.15) is 0 Å². The van der Waals surface area contributed by atoms with Gasteiger partial charge in [-0.1, -0.05) is 279 Å². The number of benzene rings is 24. The summed E-state index contributed by atoms with van der Waals surface area (Å²) in [5.74, 6) is 3.33. The minimum atomic E-state index is 0.797. The Hall–Kier alpha value is -18.3. The average molecular weight is 1850 g/mol. The van der Waals surface area contributed by atoms with Gasteiger partial charge < -0.3 is 37.9 Å². The lowest BCUT2D eigenvalue weighted by atomic mass is 9.88. The Morgan fingerprint density at radius 2 is 0.472 bits per heavy atom. The summed E-state index contributed by atoms with van der Waals surface area (Å²) in [6.45, 7) is 0. The molecule has 0 fully saturated rings. The van der Waals surface area contributed by atoms with Gasteiger partial charge in [-0.15, -0.1) is 22.7 Å². The first-order valence-electron chi connectivity index (χ1n) is 48.1. The molecule has 664 valence electrons. The second-order valence-electron chi connectivity index (χ2n) is 36.7. The molecule has 0 bridgehead atoms. The lowest BCUT2D eigenvalue weighted by Gasteiger charge is -2.31. The first-order chi connectivity index (χ1) is 70.4. The molecule has 24 aromatic carbocycles. The van der Waals surface area contributed by atoms with Gasteiger partial charge in [0, 0.05) is 163 Å². The molecule has 10 heteroatoms. The molecule has 0 atom stereocenters. The van der Waals surface area contributed by atoms with E-state index >= 15 is 0 Å². The first-order valence-corrected chi connectivity index (χ1v) is 49.8. The number of nitrogens with zero attached hydrogens (tertiary/aromatic N) is 4. The van der Waals surface area contributed by atoms with Crippen molar-refractivity contribution in [3.05, 3.63) is 485 Å². The molecule has 2 aliphatic heterocycles. The van der Waals surface area contributed by atoms with E-state index in [9.17, 15) is 0 Å². The summed E-state index contributed by atoms with van der Waals surface area (Å²) in [5.41, 5.74) is 25.3. The smallest absolute Gasteiger partial charge is 0.137 e. The van der Waals surface area contributed by atoms with Crippen molar-refractivity contribution in [2.45, 2.75) is 0 Å². The number of ether oxygens (including phenoxy) is 2. The Balaban J connectivity index is 0.000000138. The van der Waals surface area contributed by atoms with Crippen LogP contribution in [-0.2, 0) is 0 Å². The number of fused-ring (bicyclic) bond motifs is 24. The molecule has 0 amide bonds. The highest BCUT2D eigenvalue weighted by Gasteiger charge is 2.32. The highest BCUT2D eigenvalue weighted by atomic mass is 32.1. The molecule has 0 N–H and O–H groups in total. The van der Waals surface area contributed by atoms with Gasteiger partial charge >= 0.3 is 0 Å². The molecule has 0 spiro atoms. The topological polar surface area (TPSA) is 57.7 Å². The number of anilines is 12. The monoisotopic (exact) mass is 1850 g/mol. The molecule has 28 aromatic rings. The van der Waals surface area contributed by atoms with E-state index in [1.807, 2.05) is 46.9 Å². The molecule has 0 unspecified atom stereocenters. The Labute approximate surface area is 824 Å². The van der Waals surface area contributed by atoms with Gasteiger partial charge in [-0.3, -0.25) is 0 Å². The van der Waals surface area contributed by atoms with Gasteiger partial charge in [0.05, 0.1) is 22.7 Å². The van der Waals surface area contributed by atoms with E-state index < -0.39 is 0 Å². The first kappa shape index (κ1) is 80.9. The van der Waals surface area contributed by atoms with Crippen molar-refractivity contribution in [1.82, 2.24) is 0 Å². The number of hydrogen-bond acceptors (Lipinski definition) is 10. The number of para-hydroxylation sites is 6. The normalized spacial score (nSPS) is 12.1. The van der Waals surface area contributed by atoms with Gasteiger partial charge in [0.2, 0.25) is 0 Å². The molecule has 30 rings (SSSR count). The molecular weight excluding hydrogens is 1770 g/mol. The van der Waals surface area contributed by atoms with E-state index in [-0.39, 0.29) is 0 Å². The predicted octanol–water partition coefficient (Wildman–Crippen LogP) is 39.6. The van der Waals surface area contributed by atoms with E-state index in [0.29, 0.717) is 0 Å². The van der Waals surface area contributed by atoms with E-state index in [1.165, 1.54) is 78.2 Å².